The highest BCUT2D eigenvalue weighted by Gasteiger charge is 2.12. The SMILES string of the molecule is COCC(C)OCC(O)COc1ccccc1[C@@H](C)O. The van der Waals surface area contributed by atoms with Crippen molar-refractivity contribution >= 4 is 0 Å². The van der Waals surface area contributed by atoms with Gasteiger partial charge in [0.15, 0.2) is 0 Å². The molecule has 2 N–H and O–H groups in total. The van der Waals surface area contributed by atoms with E-state index in [1.165, 1.54) is 0 Å². The smallest absolute Gasteiger partial charge is 0.125 e. The number of aliphatic hydroxyl groups is 2. The van der Waals surface area contributed by atoms with Crippen molar-refractivity contribution in [2.24, 2.45) is 0 Å². The van der Waals surface area contributed by atoms with Gasteiger partial charge in [0.2, 0.25) is 0 Å². The predicted molar refractivity (Wildman–Crippen MR) is 75.9 cm³/mol. The van der Waals surface area contributed by atoms with E-state index in [-0.39, 0.29) is 19.3 Å². The summed E-state index contributed by atoms with van der Waals surface area (Å²) in [6, 6.07) is 7.22. The van der Waals surface area contributed by atoms with E-state index in [1.54, 1.807) is 26.2 Å². The van der Waals surface area contributed by atoms with Crippen molar-refractivity contribution in [1.29, 1.82) is 0 Å². The lowest BCUT2D eigenvalue weighted by molar-refractivity contribution is -0.0424. The molecule has 0 aromatic heterocycles. The average molecular weight is 284 g/mol. The van der Waals surface area contributed by atoms with Crippen LogP contribution in [0.4, 0.5) is 0 Å². The van der Waals surface area contributed by atoms with Crippen LogP contribution in [0.15, 0.2) is 24.3 Å². The number of methoxy groups -OCH3 is 1. The second-order valence-corrected chi connectivity index (χ2v) is 4.78. The van der Waals surface area contributed by atoms with Gasteiger partial charge in [-0.2, -0.15) is 0 Å². The fourth-order valence-electron chi connectivity index (χ4n) is 1.75. The summed E-state index contributed by atoms with van der Waals surface area (Å²) in [7, 11) is 1.60. The highest BCUT2D eigenvalue weighted by atomic mass is 16.5. The van der Waals surface area contributed by atoms with E-state index >= 15 is 0 Å². The third-order valence-corrected chi connectivity index (χ3v) is 2.77. The lowest BCUT2D eigenvalue weighted by Gasteiger charge is -2.18. The molecular weight excluding hydrogens is 260 g/mol. The van der Waals surface area contributed by atoms with E-state index in [0.717, 1.165) is 0 Å². The lowest BCUT2D eigenvalue weighted by Crippen LogP contribution is -2.27. The van der Waals surface area contributed by atoms with Crippen LogP contribution in [0.25, 0.3) is 0 Å². The van der Waals surface area contributed by atoms with Crippen molar-refractivity contribution in [2.75, 3.05) is 26.9 Å². The highest BCUT2D eigenvalue weighted by molar-refractivity contribution is 5.34. The Morgan fingerprint density at radius 1 is 1.05 bits per heavy atom. The number of benzene rings is 1. The second kappa shape index (κ2) is 8.92. The molecule has 0 spiro atoms. The first kappa shape index (κ1) is 16.9. The summed E-state index contributed by atoms with van der Waals surface area (Å²) in [5.74, 6) is 0.575. The summed E-state index contributed by atoms with van der Waals surface area (Å²) in [5, 5.41) is 19.4. The molecule has 0 radical (unpaired) electrons. The Bertz CT molecular complexity index is 380. The molecule has 5 heteroatoms. The summed E-state index contributed by atoms with van der Waals surface area (Å²) in [4.78, 5) is 0. The maximum atomic E-state index is 9.80. The normalized spacial score (nSPS) is 15.7. The number of ether oxygens (including phenoxy) is 3. The maximum Gasteiger partial charge on any atom is 0.125 e. The van der Waals surface area contributed by atoms with E-state index in [1.807, 2.05) is 19.1 Å². The summed E-state index contributed by atoms with van der Waals surface area (Å²) < 4.78 is 15.9. The first-order valence-electron chi connectivity index (χ1n) is 6.73. The quantitative estimate of drug-likeness (QED) is 0.720. The zero-order valence-electron chi connectivity index (χ0n) is 12.3. The first-order valence-corrected chi connectivity index (χ1v) is 6.73. The topological polar surface area (TPSA) is 68.2 Å². The van der Waals surface area contributed by atoms with Crippen molar-refractivity contribution in [1.82, 2.24) is 0 Å². The highest BCUT2D eigenvalue weighted by Crippen LogP contribution is 2.24. The van der Waals surface area contributed by atoms with E-state index < -0.39 is 12.2 Å². The second-order valence-electron chi connectivity index (χ2n) is 4.78. The van der Waals surface area contributed by atoms with Crippen molar-refractivity contribution in [3.63, 3.8) is 0 Å². The minimum atomic E-state index is -0.726. The molecule has 0 fully saturated rings. The van der Waals surface area contributed by atoms with Gasteiger partial charge in [0, 0.05) is 12.7 Å². The van der Waals surface area contributed by atoms with Gasteiger partial charge in [-0.3, -0.25) is 0 Å². The molecule has 1 aromatic rings. The third kappa shape index (κ3) is 5.88. The Kier molecular flexibility index (Phi) is 7.54. The predicted octanol–water partition coefficient (Wildman–Crippen LogP) is 1.53. The molecule has 0 aliphatic heterocycles. The van der Waals surface area contributed by atoms with Crippen molar-refractivity contribution < 1.29 is 24.4 Å². The summed E-state index contributed by atoms with van der Waals surface area (Å²) in [6.45, 7) is 4.33. The zero-order chi connectivity index (χ0) is 15.0. The van der Waals surface area contributed by atoms with Crippen LogP contribution in [0.2, 0.25) is 0 Å². The molecular formula is C15H24O5. The van der Waals surface area contributed by atoms with Crippen LogP contribution in [0, 0.1) is 0 Å². The van der Waals surface area contributed by atoms with Gasteiger partial charge in [0.1, 0.15) is 18.5 Å². The van der Waals surface area contributed by atoms with Crippen LogP contribution in [0.3, 0.4) is 0 Å². The van der Waals surface area contributed by atoms with E-state index in [9.17, 15) is 10.2 Å². The van der Waals surface area contributed by atoms with Gasteiger partial charge in [0.05, 0.1) is 25.4 Å². The molecule has 114 valence electrons. The Morgan fingerprint density at radius 3 is 2.40 bits per heavy atom. The van der Waals surface area contributed by atoms with Crippen molar-refractivity contribution in [3.8, 4) is 5.75 Å². The standard InChI is InChI=1S/C15H24O5/c1-11(8-18-3)19-9-13(17)10-20-15-7-5-4-6-14(15)12(2)16/h4-7,11-13,16-17H,8-10H2,1-3H3/t11?,12-,13?/m1/s1. The fraction of sp³-hybridized carbons (Fsp3) is 0.600. The van der Waals surface area contributed by atoms with Crippen LogP contribution in [0.1, 0.15) is 25.5 Å². The van der Waals surface area contributed by atoms with Gasteiger partial charge >= 0.3 is 0 Å². The summed E-state index contributed by atoms with van der Waals surface area (Å²) >= 11 is 0. The van der Waals surface area contributed by atoms with Crippen LogP contribution in [-0.2, 0) is 9.47 Å². The van der Waals surface area contributed by atoms with Gasteiger partial charge in [-0.05, 0) is 19.9 Å². The van der Waals surface area contributed by atoms with Crippen LogP contribution in [-0.4, -0.2) is 49.4 Å². The zero-order valence-corrected chi connectivity index (χ0v) is 12.3. The molecule has 3 atom stereocenters. The largest absolute Gasteiger partial charge is 0.490 e. The molecule has 0 saturated heterocycles. The molecule has 0 saturated carbocycles. The van der Waals surface area contributed by atoms with E-state index in [0.29, 0.717) is 17.9 Å². The number of hydrogen-bond acceptors (Lipinski definition) is 5. The number of para-hydroxylation sites is 1. The number of rotatable bonds is 9. The van der Waals surface area contributed by atoms with E-state index in [2.05, 4.69) is 0 Å². The molecule has 0 heterocycles. The molecule has 0 bridgehead atoms. The van der Waals surface area contributed by atoms with Crippen LogP contribution < -0.4 is 4.74 Å². The molecule has 0 aliphatic carbocycles. The Balaban J connectivity index is 2.39. The van der Waals surface area contributed by atoms with Gasteiger partial charge in [-0.1, -0.05) is 18.2 Å². The maximum absolute atomic E-state index is 9.80. The van der Waals surface area contributed by atoms with E-state index in [4.69, 9.17) is 14.2 Å². The molecule has 1 rings (SSSR count). The molecule has 0 aliphatic rings. The molecule has 0 amide bonds. The van der Waals surface area contributed by atoms with Gasteiger partial charge < -0.3 is 24.4 Å². The van der Waals surface area contributed by atoms with Gasteiger partial charge in [-0.25, -0.2) is 0 Å². The van der Waals surface area contributed by atoms with Crippen molar-refractivity contribution in [2.45, 2.75) is 32.2 Å². The summed E-state index contributed by atoms with van der Waals surface area (Å²) in [6.07, 6.45) is -1.41. The van der Waals surface area contributed by atoms with Crippen molar-refractivity contribution in [3.05, 3.63) is 29.8 Å². The lowest BCUT2D eigenvalue weighted by atomic mass is 10.1. The first-order chi connectivity index (χ1) is 9.54. The number of aliphatic hydroxyl groups excluding tert-OH is 2. The molecule has 2 unspecified atom stereocenters. The average Bonchev–Trinajstić information content (AvgIpc) is 2.43. The number of hydrogen-bond donors (Lipinski definition) is 2. The third-order valence-electron chi connectivity index (χ3n) is 2.77. The Hall–Kier alpha value is -1.14. The van der Waals surface area contributed by atoms with Crippen LogP contribution >= 0.6 is 0 Å². The molecule has 5 nitrogen and oxygen atoms in total. The molecule has 1 aromatic carbocycles. The van der Waals surface area contributed by atoms with Gasteiger partial charge in [0.25, 0.3) is 0 Å². The fourth-order valence-corrected chi connectivity index (χ4v) is 1.75. The monoisotopic (exact) mass is 284 g/mol. The Labute approximate surface area is 120 Å². The summed E-state index contributed by atoms with van der Waals surface area (Å²) in [5.41, 5.74) is 0.702. The minimum Gasteiger partial charge on any atom is -0.490 e. The van der Waals surface area contributed by atoms with Gasteiger partial charge in [-0.15, -0.1) is 0 Å². The van der Waals surface area contributed by atoms with Crippen LogP contribution in [0.5, 0.6) is 5.75 Å². The Morgan fingerprint density at radius 2 is 1.75 bits per heavy atom. The molecule has 20 heavy (non-hydrogen) atoms. The minimum absolute atomic E-state index is 0.0700.